The normalized spacial score (nSPS) is 15.1. The molecule has 0 aliphatic carbocycles. The van der Waals surface area contributed by atoms with E-state index in [-0.39, 0.29) is 0 Å². The van der Waals surface area contributed by atoms with Gasteiger partial charge < -0.3 is 15.5 Å². The van der Waals surface area contributed by atoms with Crippen LogP contribution in [-0.4, -0.2) is 18.1 Å². The minimum Gasteiger partial charge on any atom is -0.467 e. The molecule has 0 aliphatic heterocycles. The molecule has 0 bridgehead atoms. The van der Waals surface area contributed by atoms with Crippen molar-refractivity contribution in [2.75, 3.05) is 7.11 Å². The van der Waals surface area contributed by atoms with Crippen LogP contribution in [0.25, 0.3) is 0 Å². The molecule has 0 saturated heterocycles. The molecule has 3 N–H and O–H groups in total. The second-order valence-corrected chi connectivity index (χ2v) is 3.25. The first-order valence-electron chi connectivity index (χ1n) is 4.02. The molecule has 0 spiro atoms. The summed E-state index contributed by atoms with van der Waals surface area (Å²) < 4.78 is 4.59. The number of esters is 1. The number of hydrogen-bond donors (Lipinski definition) is 2. The van der Waals surface area contributed by atoms with Crippen LogP contribution < -0.4 is 5.73 Å². The van der Waals surface area contributed by atoms with Crippen LogP contribution in [0.2, 0.25) is 0 Å². The SMILES string of the molecule is COC(=O)C(C)(N)c1ccc(C)[nH]1. The van der Waals surface area contributed by atoms with Crippen molar-refractivity contribution in [1.82, 2.24) is 4.98 Å². The van der Waals surface area contributed by atoms with Gasteiger partial charge in [0.15, 0.2) is 5.54 Å². The molecular weight excluding hydrogens is 168 g/mol. The third kappa shape index (κ3) is 1.72. The molecule has 4 nitrogen and oxygen atoms in total. The Bertz CT molecular complexity index is 315. The highest BCUT2D eigenvalue weighted by molar-refractivity contribution is 5.81. The second kappa shape index (κ2) is 3.22. The Kier molecular flexibility index (Phi) is 2.43. The zero-order valence-electron chi connectivity index (χ0n) is 8.05. The molecule has 1 unspecified atom stereocenters. The smallest absolute Gasteiger partial charge is 0.331 e. The molecule has 0 aromatic carbocycles. The summed E-state index contributed by atoms with van der Waals surface area (Å²) in [5.74, 6) is -0.450. The summed E-state index contributed by atoms with van der Waals surface area (Å²) in [5.41, 5.74) is 6.34. The van der Waals surface area contributed by atoms with E-state index < -0.39 is 11.5 Å². The lowest BCUT2D eigenvalue weighted by Crippen LogP contribution is -2.43. The number of carbonyl (C=O) groups excluding carboxylic acids is 1. The lowest BCUT2D eigenvalue weighted by Gasteiger charge is -2.19. The average molecular weight is 182 g/mol. The Morgan fingerprint density at radius 3 is 2.62 bits per heavy atom. The van der Waals surface area contributed by atoms with Gasteiger partial charge in [0.2, 0.25) is 0 Å². The fourth-order valence-corrected chi connectivity index (χ4v) is 1.13. The predicted octanol–water partition coefficient (Wildman–Crippen LogP) is 0.670. The van der Waals surface area contributed by atoms with Crippen molar-refractivity contribution in [1.29, 1.82) is 0 Å². The molecule has 1 rings (SSSR count). The minimum atomic E-state index is -1.09. The maximum Gasteiger partial charge on any atom is 0.331 e. The number of methoxy groups -OCH3 is 1. The van der Waals surface area contributed by atoms with Crippen LogP contribution in [0.3, 0.4) is 0 Å². The van der Waals surface area contributed by atoms with Crippen LogP contribution in [0, 0.1) is 6.92 Å². The summed E-state index contributed by atoms with van der Waals surface area (Å²) in [4.78, 5) is 14.3. The first kappa shape index (κ1) is 9.80. The van der Waals surface area contributed by atoms with E-state index in [4.69, 9.17) is 5.73 Å². The molecule has 0 radical (unpaired) electrons. The van der Waals surface area contributed by atoms with Crippen LogP contribution in [-0.2, 0) is 15.1 Å². The number of carbonyl (C=O) groups is 1. The number of nitrogens with two attached hydrogens (primary N) is 1. The number of nitrogens with one attached hydrogen (secondary N) is 1. The summed E-state index contributed by atoms with van der Waals surface area (Å²) in [6.45, 7) is 3.51. The first-order chi connectivity index (χ1) is 5.98. The number of H-pyrrole nitrogens is 1. The summed E-state index contributed by atoms with van der Waals surface area (Å²) in [5, 5.41) is 0. The number of aryl methyl sites for hydroxylation is 1. The molecule has 1 atom stereocenters. The fourth-order valence-electron chi connectivity index (χ4n) is 1.13. The zero-order valence-corrected chi connectivity index (χ0v) is 8.05. The molecule has 1 aromatic rings. The predicted molar refractivity (Wildman–Crippen MR) is 49.1 cm³/mol. The summed E-state index contributed by atoms with van der Waals surface area (Å²) >= 11 is 0. The van der Waals surface area contributed by atoms with Crippen LogP contribution in [0.5, 0.6) is 0 Å². The highest BCUT2D eigenvalue weighted by Crippen LogP contribution is 2.17. The van der Waals surface area contributed by atoms with E-state index in [1.807, 2.05) is 13.0 Å². The Balaban J connectivity index is 2.99. The number of aromatic amines is 1. The minimum absolute atomic E-state index is 0.450. The number of hydrogen-bond acceptors (Lipinski definition) is 3. The first-order valence-corrected chi connectivity index (χ1v) is 4.02. The van der Waals surface area contributed by atoms with Crippen molar-refractivity contribution in [3.8, 4) is 0 Å². The van der Waals surface area contributed by atoms with Crippen LogP contribution in [0.4, 0.5) is 0 Å². The van der Waals surface area contributed by atoms with Crippen LogP contribution in [0.1, 0.15) is 18.3 Å². The van der Waals surface area contributed by atoms with Crippen molar-refractivity contribution in [2.24, 2.45) is 5.73 Å². The van der Waals surface area contributed by atoms with Gasteiger partial charge in [0, 0.05) is 11.4 Å². The highest BCUT2D eigenvalue weighted by atomic mass is 16.5. The van der Waals surface area contributed by atoms with Gasteiger partial charge in [-0.3, -0.25) is 0 Å². The van der Waals surface area contributed by atoms with Gasteiger partial charge in [-0.1, -0.05) is 0 Å². The molecule has 13 heavy (non-hydrogen) atoms. The monoisotopic (exact) mass is 182 g/mol. The standard InChI is InChI=1S/C9H14N2O2/c1-6-4-5-7(11-6)9(2,10)8(12)13-3/h4-5,11H,10H2,1-3H3. The Morgan fingerprint density at radius 1 is 1.62 bits per heavy atom. The fraction of sp³-hybridized carbons (Fsp3) is 0.444. The van der Waals surface area contributed by atoms with Crippen molar-refractivity contribution >= 4 is 5.97 Å². The average Bonchev–Trinajstić information content (AvgIpc) is 2.50. The van der Waals surface area contributed by atoms with Crippen molar-refractivity contribution in [3.63, 3.8) is 0 Å². The Labute approximate surface area is 77.1 Å². The van der Waals surface area contributed by atoms with Crippen molar-refractivity contribution in [3.05, 3.63) is 23.5 Å². The van der Waals surface area contributed by atoms with E-state index >= 15 is 0 Å². The van der Waals surface area contributed by atoms with Gasteiger partial charge in [0.05, 0.1) is 7.11 Å². The molecular formula is C9H14N2O2. The van der Waals surface area contributed by atoms with Gasteiger partial charge in [-0.05, 0) is 26.0 Å². The van der Waals surface area contributed by atoms with Gasteiger partial charge in [-0.15, -0.1) is 0 Å². The third-order valence-electron chi connectivity index (χ3n) is 2.00. The Morgan fingerprint density at radius 2 is 2.23 bits per heavy atom. The quantitative estimate of drug-likeness (QED) is 0.660. The maximum absolute atomic E-state index is 11.3. The van der Waals surface area contributed by atoms with Gasteiger partial charge in [0.25, 0.3) is 0 Å². The van der Waals surface area contributed by atoms with Crippen molar-refractivity contribution < 1.29 is 9.53 Å². The third-order valence-corrected chi connectivity index (χ3v) is 2.00. The number of rotatable bonds is 2. The van der Waals surface area contributed by atoms with Gasteiger partial charge >= 0.3 is 5.97 Å². The topological polar surface area (TPSA) is 68.1 Å². The van der Waals surface area contributed by atoms with E-state index in [1.54, 1.807) is 13.0 Å². The lowest BCUT2D eigenvalue weighted by atomic mass is 10.0. The number of aromatic nitrogens is 1. The molecule has 0 fully saturated rings. The van der Waals surface area contributed by atoms with E-state index in [9.17, 15) is 4.79 Å². The molecule has 0 amide bonds. The molecule has 72 valence electrons. The van der Waals surface area contributed by atoms with Crippen molar-refractivity contribution in [2.45, 2.75) is 19.4 Å². The van der Waals surface area contributed by atoms with E-state index in [0.717, 1.165) is 5.69 Å². The molecule has 0 saturated carbocycles. The van der Waals surface area contributed by atoms with E-state index in [0.29, 0.717) is 5.69 Å². The molecule has 4 heteroatoms. The summed E-state index contributed by atoms with van der Waals surface area (Å²) in [6, 6.07) is 3.65. The number of ether oxygens (including phenoxy) is 1. The second-order valence-electron chi connectivity index (χ2n) is 3.25. The summed E-state index contributed by atoms with van der Waals surface area (Å²) in [6.07, 6.45) is 0. The van der Waals surface area contributed by atoms with Gasteiger partial charge in [-0.2, -0.15) is 0 Å². The van der Waals surface area contributed by atoms with Crippen LogP contribution >= 0.6 is 0 Å². The summed E-state index contributed by atoms with van der Waals surface area (Å²) in [7, 11) is 1.32. The molecule has 1 heterocycles. The zero-order chi connectivity index (χ0) is 10.1. The van der Waals surface area contributed by atoms with Gasteiger partial charge in [0.1, 0.15) is 0 Å². The van der Waals surface area contributed by atoms with E-state index in [1.165, 1.54) is 7.11 Å². The molecule has 1 aromatic heterocycles. The van der Waals surface area contributed by atoms with E-state index in [2.05, 4.69) is 9.72 Å². The molecule has 0 aliphatic rings. The van der Waals surface area contributed by atoms with Crippen LogP contribution in [0.15, 0.2) is 12.1 Å². The van der Waals surface area contributed by atoms with Gasteiger partial charge in [-0.25, -0.2) is 4.79 Å². The Hall–Kier alpha value is -1.29. The lowest BCUT2D eigenvalue weighted by molar-refractivity contribution is -0.146. The largest absolute Gasteiger partial charge is 0.467 e. The maximum atomic E-state index is 11.3. The highest BCUT2D eigenvalue weighted by Gasteiger charge is 2.32.